The largest absolute Gasteiger partial charge is 0.397 e. The summed E-state index contributed by atoms with van der Waals surface area (Å²) in [6, 6.07) is 17.4. The van der Waals surface area contributed by atoms with Gasteiger partial charge in [-0.05, 0) is 35.4 Å². The SMILES string of the molecule is Nc1c(C(=O)Nc2cc(Cl)cc(Cl)c2)sc2nc3c(cc12)CN(Cc1ccccc1)CC3. The summed E-state index contributed by atoms with van der Waals surface area (Å²) in [5.41, 5.74) is 10.9. The number of rotatable bonds is 4. The molecule has 0 saturated carbocycles. The Labute approximate surface area is 199 Å². The van der Waals surface area contributed by atoms with E-state index in [0.717, 1.165) is 47.5 Å². The second-order valence-electron chi connectivity index (χ2n) is 7.85. The summed E-state index contributed by atoms with van der Waals surface area (Å²) < 4.78 is 0. The molecule has 0 radical (unpaired) electrons. The summed E-state index contributed by atoms with van der Waals surface area (Å²) in [4.78, 5) is 21.4. The van der Waals surface area contributed by atoms with Crippen LogP contribution in [0.3, 0.4) is 0 Å². The number of carbonyl (C=O) groups excluding carboxylic acids is 1. The first-order valence-electron chi connectivity index (χ1n) is 10.2. The van der Waals surface area contributed by atoms with E-state index in [2.05, 4.69) is 40.5 Å². The molecule has 0 fully saturated rings. The number of fused-ring (bicyclic) bond motifs is 2. The zero-order valence-corrected chi connectivity index (χ0v) is 19.4. The molecule has 32 heavy (non-hydrogen) atoms. The molecule has 0 atom stereocenters. The lowest BCUT2D eigenvalue weighted by molar-refractivity contribution is 0.103. The minimum Gasteiger partial charge on any atom is -0.397 e. The van der Waals surface area contributed by atoms with E-state index >= 15 is 0 Å². The molecule has 3 N–H and O–H groups in total. The lowest BCUT2D eigenvalue weighted by Gasteiger charge is -2.28. The zero-order valence-electron chi connectivity index (χ0n) is 17.1. The van der Waals surface area contributed by atoms with E-state index in [-0.39, 0.29) is 5.91 Å². The highest BCUT2D eigenvalue weighted by Gasteiger charge is 2.23. The van der Waals surface area contributed by atoms with E-state index in [1.807, 2.05) is 6.07 Å². The van der Waals surface area contributed by atoms with Gasteiger partial charge >= 0.3 is 0 Å². The molecule has 0 bridgehead atoms. The third-order valence-electron chi connectivity index (χ3n) is 5.52. The van der Waals surface area contributed by atoms with Gasteiger partial charge in [0.1, 0.15) is 9.71 Å². The maximum Gasteiger partial charge on any atom is 0.267 e. The zero-order chi connectivity index (χ0) is 22.2. The van der Waals surface area contributed by atoms with Crippen molar-refractivity contribution in [1.82, 2.24) is 9.88 Å². The fourth-order valence-electron chi connectivity index (χ4n) is 4.02. The van der Waals surface area contributed by atoms with Crippen molar-refractivity contribution in [3.63, 3.8) is 0 Å². The van der Waals surface area contributed by atoms with Crippen LogP contribution in [0.5, 0.6) is 0 Å². The van der Waals surface area contributed by atoms with Gasteiger partial charge in [0.05, 0.1) is 5.69 Å². The van der Waals surface area contributed by atoms with Crippen LogP contribution in [0.2, 0.25) is 10.0 Å². The van der Waals surface area contributed by atoms with Gasteiger partial charge in [0.15, 0.2) is 0 Å². The van der Waals surface area contributed by atoms with Gasteiger partial charge in [0.25, 0.3) is 5.91 Å². The molecule has 4 aromatic rings. The van der Waals surface area contributed by atoms with Gasteiger partial charge in [0.2, 0.25) is 0 Å². The Bertz CT molecular complexity index is 1300. The monoisotopic (exact) mass is 482 g/mol. The standard InChI is InChI=1S/C24H20Cl2N4OS/c25-16-9-17(26)11-18(10-16)28-23(31)22-21(27)19-8-15-13-30(12-14-4-2-1-3-5-14)7-6-20(15)29-24(19)32-22/h1-5,8-11H,6-7,12-13,27H2,(H,28,31). The van der Waals surface area contributed by atoms with Crippen LogP contribution in [0.25, 0.3) is 10.2 Å². The number of hydrogen-bond donors (Lipinski definition) is 2. The van der Waals surface area contributed by atoms with Gasteiger partial charge in [0, 0.05) is 52.9 Å². The van der Waals surface area contributed by atoms with Gasteiger partial charge in [-0.2, -0.15) is 0 Å². The molecule has 2 aromatic heterocycles. The number of pyridine rings is 1. The molecule has 3 heterocycles. The Morgan fingerprint density at radius 2 is 1.88 bits per heavy atom. The third kappa shape index (κ3) is 4.32. The quantitative estimate of drug-likeness (QED) is 0.374. The number of amides is 1. The van der Waals surface area contributed by atoms with Gasteiger partial charge in [-0.15, -0.1) is 11.3 Å². The predicted octanol–water partition coefficient (Wildman–Crippen LogP) is 6.00. The topological polar surface area (TPSA) is 71.2 Å². The van der Waals surface area contributed by atoms with E-state index in [1.54, 1.807) is 18.2 Å². The Morgan fingerprint density at radius 3 is 2.62 bits per heavy atom. The smallest absolute Gasteiger partial charge is 0.267 e. The lowest BCUT2D eigenvalue weighted by atomic mass is 10.0. The van der Waals surface area contributed by atoms with Gasteiger partial charge in [-0.3, -0.25) is 9.69 Å². The maximum atomic E-state index is 12.9. The molecule has 0 spiro atoms. The van der Waals surface area contributed by atoms with Gasteiger partial charge in [-0.25, -0.2) is 4.98 Å². The van der Waals surface area contributed by atoms with Crippen molar-refractivity contribution in [2.75, 3.05) is 17.6 Å². The lowest BCUT2D eigenvalue weighted by Crippen LogP contribution is -2.30. The molecule has 8 heteroatoms. The number of anilines is 2. The second kappa shape index (κ2) is 8.71. The fraction of sp³-hybridized carbons (Fsp3) is 0.167. The Kier molecular flexibility index (Phi) is 5.78. The first-order valence-corrected chi connectivity index (χ1v) is 11.8. The Hall–Kier alpha value is -2.64. The van der Waals surface area contributed by atoms with Crippen molar-refractivity contribution in [3.8, 4) is 0 Å². The molecule has 5 nitrogen and oxygen atoms in total. The average molecular weight is 483 g/mol. The number of thiophene rings is 1. The average Bonchev–Trinajstić information content (AvgIpc) is 3.08. The predicted molar refractivity (Wildman–Crippen MR) is 133 cm³/mol. The summed E-state index contributed by atoms with van der Waals surface area (Å²) in [7, 11) is 0. The summed E-state index contributed by atoms with van der Waals surface area (Å²) in [6.07, 6.45) is 0.873. The van der Waals surface area contributed by atoms with Crippen LogP contribution in [-0.4, -0.2) is 22.3 Å². The van der Waals surface area contributed by atoms with Crippen LogP contribution in [-0.2, 0) is 19.5 Å². The first-order chi connectivity index (χ1) is 15.5. The molecule has 2 aromatic carbocycles. The number of carbonyl (C=O) groups is 1. The molecular formula is C24H20Cl2N4OS. The van der Waals surface area contributed by atoms with E-state index in [4.69, 9.17) is 33.9 Å². The van der Waals surface area contributed by atoms with E-state index < -0.39 is 0 Å². The van der Waals surface area contributed by atoms with E-state index in [1.165, 1.54) is 16.9 Å². The van der Waals surface area contributed by atoms with Crippen LogP contribution in [0.15, 0.2) is 54.6 Å². The Morgan fingerprint density at radius 1 is 1.12 bits per heavy atom. The normalized spacial score (nSPS) is 13.8. The number of nitrogen functional groups attached to an aromatic ring is 1. The minimum atomic E-state index is -0.299. The minimum absolute atomic E-state index is 0.299. The number of nitrogens with two attached hydrogens (primary N) is 1. The molecule has 0 saturated heterocycles. The van der Waals surface area contributed by atoms with Crippen LogP contribution < -0.4 is 11.1 Å². The molecule has 0 unspecified atom stereocenters. The van der Waals surface area contributed by atoms with Crippen molar-refractivity contribution in [2.24, 2.45) is 0 Å². The summed E-state index contributed by atoms with van der Waals surface area (Å²) in [5.74, 6) is -0.299. The van der Waals surface area contributed by atoms with Crippen LogP contribution in [0.1, 0.15) is 26.5 Å². The summed E-state index contributed by atoms with van der Waals surface area (Å²) in [5, 5.41) is 4.56. The summed E-state index contributed by atoms with van der Waals surface area (Å²) >= 11 is 13.4. The van der Waals surface area contributed by atoms with Gasteiger partial charge in [-0.1, -0.05) is 53.5 Å². The fourth-order valence-corrected chi connectivity index (χ4v) is 5.53. The van der Waals surface area contributed by atoms with Crippen molar-refractivity contribution in [3.05, 3.63) is 86.3 Å². The van der Waals surface area contributed by atoms with Crippen LogP contribution in [0.4, 0.5) is 11.4 Å². The van der Waals surface area contributed by atoms with Crippen molar-refractivity contribution < 1.29 is 4.79 Å². The van der Waals surface area contributed by atoms with Crippen molar-refractivity contribution >= 4 is 62.0 Å². The first kappa shape index (κ1) is 21.2. The van der Waals surface area contributed by atoms with E-state index in [9.17, 15) is 4.79 Å². The molecule has 162 valence electrons. The highest BCUT2D eigenvalue weighted by Crippen LogP contribution is 2.36. The number of aromatic nitrogens is 1. The summed E-state index contributed by atoms with van der Waals surface area (Å²) in [6.45, 7) is 2.66. The molecule has 1 amide bonds. The molecule has 0 aliphatic carbocycles. The van der Waals surface area contributed by atoms with E-state index in [0.29, 0.717) is 26.3 Å². The molecule has 1 aliphatic heterocycles. The molecule has 1 aliphatic rings. The Balaban J connectivity index is 1.40. The van der Waals surface area contributed by atoms with Gasteiger partial charge < -0.3 is 11.1 Å². The molecular weight excluding hydrogens is 463 g/mol. The van der Waals surface area contributed by atoms with Crippen LogP contribution >= 0.6 is 34.5 Å². The number of halogens is 2. The van der Waals surface area contributed by atoms with Crippen molar-refractivity contribution in [1.29, 1.82) is 0 Å². The maximum absolute atomic E-state index is 12.9. The van der Waals surface area contributed by atoms with Crippen LogP contribution in [0, 0.1) is 0 Å². The second-order valence-corrected chi connectivity index (χ2v) is 9.72. The highest BCUT2D eigenvalue weighted by molar-refractivity contribution is 7.21. The number of nitrogens with one attached hydrogen (secondary N) is 1. The number of benzene rings is 2. The third-order valence-corrected chi connectivity index (χ3v) is 7.07. The number of hydrogen-bond acceptors (Lipinski definition) is 5. The van der Waals surface area contributed by atoms with Crippen molar-refractivity contribution in [2.45, 2.75) is 19.5 Å². The molecule has 5 rings (SSSR count). The highest BCUT2D eigenvalue weighted by atomic mass is 35.5. The number of nitrogens with zero attached hydrogens (tertiary/aromatic N) is 2.